The fourth-order valence-electron chi connectivity index (χ4n) is 3.09. The Hall–Kier alpha value is -0.850. The van der Waals surface area contributed by atoms with Gasteiger partial charge < -0.3 is 25.0 Å². The Bertz CT molecular complexity index is 320. The van der Waals surface area contributed by atoms with Crippen LogP contribution in [0.4, 0.5) is 0 Å². The molecule has 6 heteroatoms. The quantitative estimate of drug-likeness (QED) is 0.322. The molecule has 24 heavy (non-hydrogen) atoms. The van der Waals surface area contributed by atoms with E-state index in [1.807, 2.05) is 7.05 Å². The lowest BCUT2D eigenvalue weighted by molar-refractivity contribution is 0.0698. The van der Waals surface area contributed by atoms with Gasteiger partial charge in [0.25, 0.3) is 0 Å². The van der Waals surface area contributed by atoms with Crippen LogP contribution in [0.1, 0.15) is 44.9 Å². The normalized spacial score (nSPS) is 16.6. The van der Waals surface area contributed by atoms with Gasteiger partial charge in [0.2, 0.25) is 0 Å². The Morgan fingerprint density at radius 2 is 1.75 bits per heavy atom. The van der Waals surface area contributed by atoms with Crippen LogP contribution < -0.4 is 10.6 Å². The van der Waals surface area contributed by atoms with Gasteiger partial charge in [0.1, 0.15) is 0 Å². The van der Waals surface area contributed by atoms with E-state index in [2.05, 4.69) is 27.6 Å². The van der Waals surface area contributed by atoms with E-state index >= 15 is 0 Å². The maximum atomic E-state index is 5.44. The minimum absolute atomic E-state index is 0.659. The smallest absolute Gasteiger partial charge is 0.190 e. The maximum absolute atomic E-state index is 5.44. The summed E-state index contributed by atoms with van der Waals surface area (Å²) in [5.41, 5.74) is 0. The van der Waals surface area contributed by atoms with Gasteiger partial charge in [-0.1, -0.05) is 19.3 Å². The van der Waals surface area contributed by atoms with Crippen LogP contribution in [-0.2, 0) is 9.47 Å². The largest absolute Gasteiger partial charge is 0.382 e. The highest BCUT2D eigenvalue weighted by molar-refractivity contribution is 5.79. The van der Waals surface area contributed by atoms with Crippen molar-refractivity contribution in [2.45, 2.75) is 51.0 Å². The molecule has 1 aliphatic carbocycles. The molecule has 6 nitrogen and oxygen atoms in total. The molecule has 1 aliphatic rings. The Morgan fingerprint density at radius 3 is 2.42 bits per heavy atom. The number of rotatable bonds is 12. The highest BCUT2D eigenvalue weighted by atomic mass is 16.5. The lowest BCUT2D eigenvalue weighted by atomic mass is 9.94. The molecule has 0 bridgehead atoms. The van der Waals surface area contributed by atoms with Gasteiger partial charge in [-0.05, 0) is 39.3 Å². The summed E-state index contributed by atoms with van der Waals surface area (Å²) in [6, 6.07) is 0.800. The zero-order valence-corrected chi connectivity index (χ0v) is 16.0. The average molecular weight is 343 g/mol. The minimum Gasteiger partial charge on any atom is -0.382 e. The van der Waals surface area contributed by atoms with E-state index in [9.17, 15) is 0 Å². The Balaban J connectivity index is 1.99. The summed E-state index contributed by atoms with van der Waals surface area (Å²) in [4.78, 5) is 6.80. The summed E-state index contributed by atoms with van der Waals surface area (Å²) >= 11 is 0. The van der Waals surface area contributed by atoms with Crippen LogP contribution in [0.2, 0.25) is 0 Å². The summed E-state index contributed by atoms with van der Waals surface area (Å²) in [7, 11) is 5.78. The molecule has 0 amide bonds. The Morgan fingerprint density at radius 1 is 1.04 bits per heavy atom. The Labute approximate surface area is 148 Å². The molecule has 0 aliphatic heterocycles. The van der Waals surface area contributed by atoms with E-state index in [1.54, 1.807) is 7.11 Å². The molecular weight excluding hydrogens is 304 g/mol. The molecule has 0 aromatic rings. The zero-order chi connectivity index (χ0) is 17.5. The minimum atomic E-state index is 0.659. The third kappa shape index (κ3) is 10.1. The van der Waals surface area contributed by atoms with Gasteiger partial charge in [0.05, 0.1) is 13.2 Å². The summed E-state index contributed by atoms with van der Waals surface area (Å²) in [6.45, 7) is 5.06. The van der Waals surface area contributed by atoms with Gasteiger partial charge in [-0.15, -0.1) is 0 Å². The van der Waals surface area contributed by atoms with Crippen LogP contribution >= 0.6 is 0 Å². The van der Waals surface area contributed by atoms with Crippen molar-refractivity contribution in [1.29, 1.82) is 0 Å². The van der Waals surface area contributed by atoms with Crippen LogP contribution in [0, 0.1) is 0 Å². The molecule has 1 fully saturated rings. The first-order valence-electron chi connectivity index (χ1n) is 9.49. The number of nitrogens with zero attached hydrogens (tertiary/aromatic N) is 2. The standard InChI is InChI=1S/C18H38N4O2/c1-19-18(21-12-8-14-24-16-15-23-3)20-11-7-13-22(2)17-9-5-4-6-10-17/h17H,4-16H2,1-3H3,(H2,19,20,21). The van der Waals surface area contributed by atoms with Crippen molar-refractivity contribution in [2.75, 3.05) is 60.7 Å². The van der Waals surface area contributed by atoms with Crippen molar-refractivity contribution in [3.63, 3.8) is 0 Å². The monoisotopic (exact) mass is 342 g/mol. The molecular formula is C18H38N4O2. The molecule has 0 unspecified atom stereocenters. The maximum Gasteiger partial charge on any atom is 0.190 e. The first-order chi connectivity index (χ1) is 11.8. The summed E-state index contributed by atoms with van der Waals surface area (Å²) < 4.78 is 10.4. The highest BCUT2D eigenvalue weighted by Gasteiger charge is 2.17. The van der Waals surface area contributed by atoms with E-state index in [-0.39, 0.29) is 0 Å². The zero-order valence-electron chi connectivity index (χ0n) is 16.0. The van der Waals surface area contributed by atoms with Crippen molar-refractivity contribution in [3.05, 3.63) is 0 Å². The number of aliphatic imine (C=N–C) groups is 1. The molecule has 0 aromatic heterocycles. The van der Waals surface area contributed by atoms with Crippen LogP contribution in [-0.4, -0.2) is 77.6 Å². The van der Waals surface area contributed by atoms with Crippen LogP contribution in [0.15, 0.2) is 4.99 Å². The third-order valence-corrected chi connectivity index (χ3v) is 4.59. The van der Waals surface area contributed by atoms with E-state index < -0.39 is 0 Å². The van der Waals surface area contributed by atoms with Crippen molar-refractivity contribution in [1.82, 2.24) is 15.5 Å². The summed E-state index contributed by atoms with van der Waals surface area (Å²) in [5.74, 6) is 0.882. The van der Waals surface area contributed by atoms with E-state index in [1.165, 1.54) is 32.1 Å². The van der Waals surface area contributed by atoms with Gasteiger partial charge in [-0.3, -0.25) is 4.99 Å². The fourth-order valence-corrected chi connectivity index (χ4v) is 3.09. The first-order valence-corrected chi connectivity index (χ1v) is 9.49. The van der Waals surface area contributed by atoms with Gasteiger partial charge in [-0.2, -0.15) is 0 Å². The van der Waals surface area contributed by atoms with Gasteiger partial charge in [0, 0.05) is 39.9 Å². The molecule has 2 N–H and O–H groups in total. The second-order valence-electron chi connectivity index (χ2n) is 6.51. The lowest BCUT2D eigenvalue weighted by Crippen LogP contribution is -2.40. The van der Waals surface area contributed by atoms with Crippen molar-refractivity contribution < 1.29 is 9.47 Å². The fraction of sp³-hybridized carbons (Fsp3) is 0.944. The molecule has 0 saturated heterocycles. The predicted octanol–water partition coefficient (Wildman–Crippen LogP) is 1.86. The summed E-state index contributed by atoms with van der Waals surface area (Å²) in [6.07, 6.45) is 9.09. The number of ether oxygens (including phenoxy) is 2. The van der Waals surface area contributed by atoms with Crippen LogP contribution in [0.25, 0.3) is 0 Å². The number of hydrogen-bond acceptors (Lipinski definition) is 4. The van der Waals surface area contributed by atoms with E-state index in [0.29, 0.717) is 13.2 Å². The van der Waals surface area contributed by atoms with Crippen molar-refractivity contribution >= 4 is 5.96 Å². The predicted molar refractivity (Wildman–Crippen MR) is 101 cm³/mol. The molecule has 0 atom stereocenters. The number of guanidine groups is 1. The van der Waals surface area contributed by atoms with Gasteiger partial charge >= 0.3 is 0 Å². The van der Waals surface area contributed by atoms with Crippen LogP contribution in [0.3, 0.4) is 0 Å². The average Bonchev–Trinajstić information content (AvgIpc) is 2.63. The van der Waals surface area contributed by atoms with E-state index in [0.717, 1.165) is 51.1 Å². The van der Waals surface area contributed by atoms with Gasteiger partial charge in [-0.25, -0.2) is 0 Å². The Kier molecular flexibility index (Phi) is 12.8. The molecule has 0 radical (unpaired) electrons. The van der Waals surface area contributed by atoms with Crippen molar-refractivity contribution in [2.24, 2.45) is 4.99 Å². The summed E-state index contributed by atoms with van der Waals surface area (Å²) in [5, 5.41) is 6.72. The van der Waals surface area contributed by atoms with Gasteiger partial charge in [0.15, 0.2) is 5.96 Å². The SMILES string of the molecule is CN=C(NCCCOCCOC)NCCCN(C)C1CCCCC1. The van der Waals surface area contributed by atoms with Crippen molar-refractivity contribution in [3.8, 4) is 0 Å². The molecule has 0 spiro atoms. The topological polar surface area (TPSA) is 58.1 Å². The number of hydrogen-bond donors (Lipinski definition) is 2. The molecule has 142 valence electrons. The molecule has 1 saturated carbocycles. The van der Waals surface area contributed by atoms with E-state index in [4.69, 9.17) is 9.47 Å². The molecule has 0 aromatic carbocycles. The molecule has 1 rings (SSSR count). The second-order valence-corrected chi connectivity index (χ2v) is 6.51. The first kappa shape index (κ1) is 21.2. The third-order valence-electron chi connectivity index (χ3n) is 4.59. The second kappa shape index (κ2) is 14.5. The highest BCUT2D eigenvalue weighted by Crippen LogP contribution is 2.21. The molecule has 0 heterocycles. The number of methoxy groups -OCH3 is 1. The lowest BCUT2D eigenvalue weighted by Gasteiger charge is -2.31. The van der Waals surface area contributed by atoms with Crippen LogP contribution in [0.5, 0.6) is 0 Å². The number of nitrogens with one attached hydrogen (secondary N) is 2.